The van der Waals surface area contributed by atoms with Gasteiger partial charge < -0.3 is 9.47 Å². The van der Waals surface area contributed by atoms with Gasteiger partial charge in [0, 0.05) is 0 Å². The van der Waals surface area contributed by atoms with E-state index in [-0.39, 0.29) is 6.61 Å². The molecule has 0 unspecified atom stereocenters. The first kappa shape index (κ1) is 22.5. The fourth-order valence-corrected chi connectivity index (χ4v) is 2.50. The van der Waals surface area contributed by atoms with E-state index in [2.05, 4.69) is 6.92 Å². The minimum absolute atomic E-state index is 0.131. The topological polar surface area (TPSA) is 52.6 Å². The lowest BCUT2D eigenvalue weighted by molar-refractivity contribution is -0.173. The zero-order valence-electron chi connectivity index (χ0n) is 14.5. The van der Waals surface area contributed by atoms with E-state index in [0.29, 0.717) is 19.4 Å². The van der Waals surface area contributed by atoms with Crippen molar-refractivity contribution in [1.29, 1.82) is 0 Å². The molecule has 0 aromatic carbocycles. The van der Waals surface area contributed by atoms with Gasteiger partial charge >= 0.3 is 11.9 Å². The van der Waals surface area contributed by atoms with Gasteiger partial charge in [-0.25, -0.2) is 0 Å². The Bertz CT molecular complexity index is 341. The van der Waals surface area contributed by atoms with Crippen molar-refractivity contribution in [3.63, 3.8) is 0 Å². The molecule has 0 fully saturated rings. The fourth-order valence-electron chi connectivity index (χ4n) is 2.37. The summed E-state index contributed by atoms with van der Waals surface area (Å²) < 4.78 is 10.4. The molecule has 0 spiro atoms. The first-order chi connectivity index (χ1) is 10.9. The molecule has 23 heavy (non-hydrogen) atoms. The number of rotatable bonds is 13. The molecule has 0 aromatic heterocycles. The molecule has 0 saturated carbocycles. The summed E-state index contributed by atoms with van der Waals surface area (Å²) in [6.45, 7) is 5.93. The highest BCUT2D eigenvalue weighted by Crippen LogP contribution is 2.30. The standard InChI is InChI=1S/C17H30Cl2O4/c1-4-7-8-9-10-11-12-22-15(20)17(5-2,6-3)16(21)23-13-14(18)19/h14H,4-13H2,1-3H3. The normalized spacial score (nSPS) is 11.6. The van der Waals surface area contributed by atoms with Gasteiger partial charge in [0.05, 0.1) is 6.61 Å². The minimum Gasteiger partial charge on any atom is -0.465 e. The highest BCUT2D eigenvalue weighted by Gasteiger charge is 2.46. The molecule has 6 heteroatoms. The molecule has 0 aliphatic carbocycles. The third kappa shape index (κ3) is 8.25. The van der Waals surface area contributed by atoms with Crippen molar-refractivity contribution in [1.82, 2.24) is 0 Å². The molecular weight excluding hydrogens is 339 g/mol. The molecule has 0 rings (SSSR count). The molecule has 136 valence electrons. The summed E-state index contributed by atoms with van der Waals surface area (Å²) in [6, 6.07) is 0. The molecule has 0 aliphatic rings. The Labute approximate surface area is 150 Å². The maximum absolute atomic E-state index is 12.4. The summed E-state index contributed by atoms with van der Waals surface area (Å²) in [7, 11) is 0. The van der Waals surface area contributed by atoms with Gasteiger partial charge in [0.15, 0.2) is 5.41 Å². The molecule has 0 bridgehead atoms. The maximum Gasteiger partial charge on any atom is 0.323 e. The van der Waals surface area contributed by atoms with Crippen LogP contribution in [0.3, 0.4) is 0 Å². The fraction of sp³-hybridized carbons (Fsp3) is 0.882. The second-order valence-corrected chi connectivity index (χ2v) is 6.96. The number of hydrogen-bond donors (Lipinski definition) is 0. The predicted molar refractivity (Wildman–Crippen MR) is 93.8 cm³/mol. The Hall–Kier alpha value is -0.480. The molecule has 0 atom stereocenters. The van der Waals surface area contributed by atoms with Crippen LogP contribution in [0.4, 0.5) is 0 Å². The highest BCUT2D eigenvalue weighted by atomic mass is 35.5. The van der Waals surface area contributed by atoms with E-state index in [1.807, 2.05) is 0 Å². The first-order valence-corrected chi connectivity index (χ1v) is 9.44. The van der Waals surface area contributed by atoms with Gasteiger partial charge in [-0.1, -0.05) is 52.9 Å². The van der Waals surface area contributed by atoms with E-state index in [1.165, 1.54) is 19.3 Å². The molecule has 4 nitrogen and oxygen atoms in total. The summed E-state index contributed by atoms with van der Waals surface area (Å²) >= 11 is 11.1. The maximum atomic E-state index is 12.4. The van der Waals surface area contributed by atoms with Crippen LogP contribution in [0.1, 0.15) is 72.1 Å². The van der Waals surface area contributed by atoms with Gasteiger partial charge in [-0.15, -0.1) is 23.2 Å². The van der Waals surface area contributed by atoms with Crippen molar-refractivity contribution in [3.05, 3.63) is 0 Å². The summed E-state index contributed by atoms with van der Waals surface area (Å²) in [5, 5.41) is 0. The van der Waals surface area contributed by atoms with Crippen LogP contribution in [0.2, 0.25) is 0 Å². The van der Waals surface area contributed by atoms with Crippen LogP contribution in [0.15, 0.2) is 0 Å². The average Bonchev–Trinajstić information content (AvgIpc) is 2.53. The van der Waals surface area contributed by atoms with E-state index in [1.54, 1.807) is 13.8 Å². The van der Waals surface area contributed by atoms with E-state index in [9.17, 15) is 9.59 Å². The number of ether oxygens (including phenoxy) is 2. The van der Waals surface area contributed by atoms with Gasteiger partial charge in [-0.05, 0) is 19.3 Å². The number of carbonyl (C=O) groups is 2. The largest absolute Gasteiger partial charge is 0.465 e. The molecule has 0 radical (unpaired) electrons. The minimum atomic E-state index is -1.26. The van der Waals surface area contributed by atoms with Crippen molar-refractivity contribution >= 4 is 35.1 Å². The van der Waals surface area contributed by atoms with E-state index < -0.39 is 22.2 Å². The van der Waals surface area contributed by atoms with Crippen molar-refractivity contribution in [2.24, 2.45) is 5.41 Å². The zero-order valence-corrected chi connectivity index (χ0v) is 16.0. The molecule has 0 aromatic rings. The third-order valence-corrected chi connectivity index (χ3v) is 4.31. The second-order valence-electron chi connectivity index (χ2n) is 5.68. The molecule has 0 saturated heterocycles. The van der Waals surface area contributed by atoms with Gasteiger partial charge in [-0.2, -0.15) is 0 Å². The van der Waals surface area contributed by atoms with Crippen LogP contribution >= 0.6 is 23.2 Å². The summed E-state index contributed by atoms with van der Waals surface area (Å²) in [6.07, 6.45) is 7.30. The van der Waals surface area contributed by atoms with E-state index >= 15 is 0 Å². The summed E-state index contributed by atoms with van der Waals surface area (Å²) in [5.74, 6) is -1.12. The van der Waals surface area contributed by atoms with Gasteiger partial charge in [0.2, 0.25) is 0 Å². The summed E-state index contributed by atoms with van der Waals surface area (Å²) in [5.41, 5.74) is -1.26. The van der Waals surface area contributed by atoms with Crippen LogP contribution in [-0.2, 0) is 19.1 Å². The lowest BCUT2D eigenvalue weighted by Crippen LogP contribution is -2.41. The van der Waals surface area contributed by atoms with Crippen molar-refractivity contribution in [2.75, 3.05) is 13.2 Å². The highest BCUT2D eigenvalue weighted by molar-refractivity contribution is 6.44. The predicted octanol–water partition coefficient (Wildman–Crippen LogP) is 5.04. The number of hydrogen-bond acceptors (Lipinski definition) is 4. The van der Waals surface area contributed by atoms with Crippen LogP contribution in [0.25, 0.3) is 0 Å². The smallest absolute Gasteiger partial charge is 0.323 e. The van der Waals surface area contributed by atoms with Crippen LogP contribution < -0.4 is 0 Å². The lowest BCUT2D eigenvalue weighted by Gasteiger charge is -2.27. The number of esters is 2. The van der Waals surface area contributed by atoms with Crippen LogP contribution in [0.5, 0.6) is 0 Å². The Morgan fingerprint density at radius 1 is 0.870 bits per heavy atom. The van der Waals surface area contributed by atoms with Gasteiger partial charge in [0.25, 0.3) is 0 Å². The van der Waals surface area contributed by atoms with Crippen molar-refractivity contribution in [2.45, 2.75) is 77.0 Å². The van der Waals surface area contributed by atoms with E-state index in [4.69, 9.17) is 32.7 Å². The van der Waals surface area contributed by atoms with Gasteiger partial charge in [-0.3, -0.25) is 9.59 Å². The van der Waals surface area contributed by atoms with Crippen LogP contribution in [-0.4, -0.2) is 30.0 Å². The zero-order chi connectivity index (χ0) is 17.7. The SMILES string of the molecule is CCCCCCCCOC(=O)C(CC)(CC)C(=O)OCC(Cl)Cl. The van der Waals surface area contributed by atoms with Crippen LogP contribution in [0, 0.1) is 5.41 Å². The van der Waals surface area contributed by atoms with E-state index in [0.717, 1.165) is 19.3 Å². The van der Waals surface area contributed by atoms with Crippen molar-refractivity contribution in [3.8, 4) is 0 Å². The Kier molecular flexibility index (Phi) is 12.6. The lowest BCUT2D eigenvalue weighted by atomic mass is 9.82. The number of alkyl halides is 2. The Morgan fingerprint density at radius 3 is 1.91 bits per heavy atom. The summed E-state index contributed by atoms with van der Waals surface area (Å²) in [4.78, 5) is 23.8. The first-order valence-electron chi connectivity index (χ1n) is 8.57. The van der Waals surface area contributed by atoms with Gasteiger partial charge in [0.1, 0.15) is 11.4 Å². The average molecular weight is 369 g/mol. The molecule has 0 heterocycles. The molecule has 0 N–H and O–H groups in total. The second kappa shape index (κ2) is 12.9. The Morgan fingerprint density at radius 2 is 1.39 bits per heavy atom. The monoisotopic (exact) mass is 368 g/mol. The molecule has 0 aliphatic heterocycles. The Balaban J connectivity index is 4.35. The molecular formula is C17H30Cl2O4. The number of carbonyl (C=O) groups excluding carboxylic acids is 2. The number of unbranched alkanes of at least 4 members (excludes halogenated alkanes) is 5. The third-order valence-electron chi connectivity index (χ3n) is 4.06. The molecule has 0 amide bonds. The van der Waals surface area contributed by atoms with Crippen molar-refractivity contribution < 1.29 is 19.1 Å². The number of halogens is 2. The quantitative estimate of drug-likeness (QED) is 0.197.